The van der Waals surface area contributed by atoms with E-state index in [1.807, 2.05) is 13.0 Å². The van der Waals surface area contributed by atoms with E-state index < -0.39 is 5.60 Å². The Balaban J connectivity index is 2.26. The molecular weight excluding hydrogens is 313 g/mol. The largest absolute Gasteiger partial charge is 0.385 e. The third-order valence-corrected chi connectivity index (χ3v) is 5.71. The maximum atomic E-state index is 13.2. The van der Waals surface area contributed by atoms with E-state index in [4.69, 9.17) is 0 Å². The van der Waals surface area contributed by atoms with Gasteiger partial charge in [0.1, 0.15) is 5.82 Å². The van der Waals surface area contributed by atoms with Crippen LogP contribution in [0.5, 0.6) is 0 Å². The predicted molar refractivity (Wildman–Crippen MR) is 104 cm³/mol. The zero-order chi connectivity index (χ0) is 18.4. The molecule has 0 aliphatic heterocycles. The average Bonchev–Trinajstić information content (AvgIpc) is 2.57. The van der Waals surface area contributed by atoms with Crippen LogP contribution in [0.3, 0.4) is 0 Å². The van der Waals surface area contributed by atoms with Gasteiger partial charge in [0.2, 0.25) is 0 Å². The summed E-state index contributed by atoms with van der Waals surface area (Å²) in [5.74, 6) is 0.509. The molecule has 1 aromatic rings. The highest BCUT2D eigenvalue weighted by Crippen LogP contribution is 2.39. The third-order valence-electron chi connectivity index (χ3n) is 5.71. The van der Waals surface area contributed by atoms with Crippen LogP contribution in [-0.4, -0.2) is 36.2 Å². The van der Waals surface area contributed by atoms with Gasteiger partial charge in [-0.1, -0.05) is 57.2 Å². The van der Waals surface area contributed by atoms with E-state index in [2.05, 4.69) is 25.9 Å². The summed E-state index contributed by atoms with van der Waals surface area (Å²) in [5.41, 5.74) is 1.11. The second kappa shape index (κ2) is 8.95. The van der Waals surface area contributed by atoms with Crippen molar-refractivity contribution in [2.24, 2.45) is 11.8 Å². The van der Waals surface area contributed by atoms with Crippen LogP contribution in [0, 0.1) is 17.7 Å². The van der Waals surface area contributed by atoms with E-state index in [-0.39, 0.29) is 11.7 Å². The van der Waals surface area contributed by atoms with Crippen LogP contribution in [-0.2, 0) is 0 Å². The predicted octanol–water partition coefficient (Wildman–Crippen LogP) is 5.13. The molecule has 0 heterocycles. The van der Waals surface area contributed by atoms with Crippen LogP contribution in [0.15, 0.2) is 29.8 Å². The summed E-state index contributed by atoms with van der Waals surface area (Å²) < 4.78 is 13.2. The van der Waals surface area contributed by atoms with Gasteiger partial charge in [-0.15, -0.1) is 0 Å². The van der Waals surface area contributed by atoms with Crippen LogP contribution in [0.2, 0.25) is 0 Å². The number of rotatable bonds is 7. The smallest absolute Gasteiger partial charge is 0.123 e. The van der Waals surface area contributed by atoms with Crippen molar-refractivity contribution in [1.29, 1.82) is 0 Å². The lowest BCUT2D eigenvalue weighted by molar-refractivity contribution is -0.0109. The van der Waals surface area contributed by atoms with Crippen LogP contribution < -0.4 is 0 Å². The molecule has 1 fully saturated rings. The van der Waals surface area contributed by atoms with Crippen molar-refractivity contribution < 1.29 is 9.50 Å². The van der Waals surface area contributed by atoms with Gasteiger partial charge in [0, 0.05) is 12.5 Å². The van der Waals surface area contributed by atoms with Gasteiger partial charge < -0.3 is 10.0 Å². The van der Waals surface area contributed by atoms with Gasteiger partial charge in [0.25, 0.3) is 0 Å². The molecule has 0 aromatic heterocycles. The van der Waals surface area contributed by atoms with Gasteiger partial charge in [-0.2, -0.15) is 0 Å². The molecule has 140 valence electrons. The maximum absolute atomic E-state index is 13.2. The van der Waals surface area contributed by atoms with Crippen molar-refractivity contribution in [1.82, 2.24) is 4.90 Å². The van der Waals surface area contributed by atoms with Gasteiger partial charge in [-0.3, -0.25) is 0 Å². The normalized spacial score (nSPS) is 20.5. The van der Waals surface area contributed by atoms with Crippen molar-refractivity contribution >= 4 is 6.08 Å². The zero-order valence-electron chi connectivity index (χ0n) is 16.3. The Kier molecular flexibility index (Phi) is 7.21. The number of benzene rings is 1. The highest BCUT2D eigenvalue weighted by atomic mass is 19.1. The van der Waals surface area contributed by atoms with Crippen molar-refractivity contribution in [3.05, 3.63) is 41.2 Å². The maximum Gasteiger partial charge on any atom is 0.123 e. The summed E-state index contributed by atoms with van der Waals surface area (Å²) in [5, 5.41) is 11.7. The minimum atomic E-state index is -0.819. The number of hydrogen-bond acceptors (Lipinski definition) is 2. The van der Waals surface area contributed by atoms with Crippen LogP contribution in [0.25, 0.3) is 6.08 Å². The van der Waals surface area contributed by atoms with E-state index in [0.717, 1.165) is 24.1 Å². The van der Waals surface area contributed by atoms with Crippen LogP contribution >= 0.6 is 0 Å². The summed E-state index contributed by atoms with van der Waals surface area (Å²) in [4.78, 5) is 2.14. The molecule has 2 atom stereocenters. The van der Waals surface area contributed by atoms with Gasteiger partial charge in [0.05, 0.1) is 5.60 Å². The topological polar surface area (TPSA) is 23.5 Å². The molecule has 1 aliphatic carbocycles. The molecule has 0 spiro atoms. The Hall–Kier alpha value is -1.19. The number of aliphatic hydroxyl groups is 1. The van der Waals surface area contributed by atoms with E-state index >= 15 is 0 Å². The Labute approximate surface area is 152 Å². The monoisotopic (exact) mass is 347 g/mol. The molecule has 1 aliphatic rings. The minimum absolute atomic E-state index is 0.140. The fourth-order valence-corrected chi connectivity index (χ4v) is 4.21. The highest BCUT2D eigenvalue weighted by molar-refractivity contribution is 5.54. The van der Waals surface area contributed by atoms with Crippen molar-refractivity contribution in [3.8, 4) is 0 Å². The first-order chi connectivity index (χ1) is 11.8. The second-order valence-electron chi connectivity index (χ2n) is 8.17. The summed E-state index contributed by atoms with van der Waals surface area (Å²) in [7, 11) is 4.10. The summed E-state index contributed by atoms with van der Waals surface area (Å²) in [6, 6.07) is 6.50. The molecule has 3 heteroatoms. The van der Waals surface area contributed by atoms with E-state index in [1.54, 1.807) is 12.1 Å². The molecule has 0 radical (unpaired) electrons. The van der Waals surface area contributed by atoms with Gasteiger partial charge in [-0.25, -0.2) is 4.39 Å². The quantitative estimate of drug-likeness (QED) is 0.739. The zero-order valence-corrected chi connectivity index (χ0v) is 16.3. The Morgan fingerprint density at radius 1 is 1.24 bits per heavy atom. The first-order valence-corrected chi connectivity index (χ1v) is 9.62. The Morgan fingerprint density at radius 3 is 2.40 bits per heavy atom. The van der Waals surface area contributed by atoms with Crippen molar-refractivity contribution in [3.63, 3.8) is 0 Å². The lowest BCUT2D eigenvalue weighted by atomic mass is 9.72. The molecule has 2 rings (SSSR count). The molecule has 2 nitrogen and oxygen atoms in total. The first kappa shape index (κ1) is 20.1. The second-order valence-corrected chi connectivity index (χ2v) is 8.17. The third kappa shape index (κ3) is 5.65. The Bertz CT molecular complexity index is 560. The SMILES string of the molecule is CC(=Cc1ccc(F)cc1)C(O)(CC1CCCCC1)C(C)CN(C)C. The molecule has 0 saturated heterocycles. The van der Waals surface area contributed by atoms with Crippen molar-refractivity contribution in [2.75, 3.05) is 20.6 Å². The standard InChI is InChI=1S/C22H34FNO/c1-17(14-19-10-12-21(23)13-11-19)22(25,18(2)16-24(3)4)15-20-8-6-5-7-9-20/h10-14,18,20,25H,5-9,15-16H2,1-4H3. The molecular formula is C22H34FNO. The first-order valence-electron chi connectivity index (χ1n) is 9.62. The summed E-state index contributed by atoms with van der Waals surface area (Å²) in [6.45, 7) is 5.01. The fraction of sp³-hybridized carbons (Fsp3) is 0.636. The van der Waals surface area contributed by atoms with Crippen LogP contribution in [0.4, 0.5) is 4.39 Å². The van der Waals surface area contributed by atoms with E-state index in [0.29, 0.717) is 5.92 Å². The molecule has 0 amide bonds. The molecule has 2 unspecified atom stereocenters. The lowest BCUT2D eigenvalue weighted by Gasteiger charge is -2.40. The van der Waals surface area contributed by atoms with E-state index in [1.165, 1.54) is 44.2 Å². The van der Waals surface area contributed by atoms with Crippen LogP contribution in [0.1, 0.15) is 57.9 Å². The molecule has 1 saturated carbocycles. The average molecular weight is 348 g/mol. The number of halogens is 1. The summed E-state index contributed by atoms with van der Waals surface area (Å²) >= 11 is 0. The summed E-state index contributed by atoms with van der Waals surface area (Å²) in [6.07, 6.45) is 9.18. The molecule has 1 aromatic carbocycles. The van der Waals surface area contributed by atoms with Crippen molar-refractivity contribution in [2.45, 2.75) is 58.0 Å². The van der Waals surface area contributed by atoms with Gasteiger partial charge in [-0.05, 0) is 56.6 Å². The minimum Gasteiger partial charge on any atom is -0.385 e. The van der Waals surface area contributed by atoms with Gasteiger partial charge >= 0.3 is 0 Å². The number of hydrogen-bond donors (Lipinski definition) is 1. The molecule has 25 heavy (non-hydrogen) atoms. The van der Waals surface area contributed by atoms with Gasteiger partial charge in [0.15, 0.2) is 0 Å². The lowest BCUT2D eigenvalue weighted by Crippen LogP contribution is -2.44. The highest BCUT2D eigenvalue weighted by Gasteiger charge is 2.38. The number of nitrogens with zero attached hydrogens (tertiary/aromatic N) is 1. The molecule has 1 N–H and O–H groups in total. The van der Waals surface area contributed by atoms with E-state index in [9.17, 15) is 9.50 Å². The molecule has 0 bridgehead atoms. The Morgan fingerprint density at radius 2 is 1.84 bits per heavy atom. The fourth-order valence-electron chi connectivity index (χ4n) is 4.21.